The number of amides is 1. The predicted molar refractivity (Wildman–Crippen MR) is 56.0 cm³/mol. The van der Waals surface area contributed by atoms with E-state index in [2.05, 4.69) is 25.7 Å². The summed E-state index contributed by atoms with van der Waals surface area (Å²) in [6.07, 6.45) is 3.63. The Morgan fingerprint density at radius 3 is 2.93 bits per heavy atom. The van der Waals surface area contributed by atoms with Gasteiger partial charge in [-0.25, -0.2) is 0 Å². The number of carbonyl (C=O) groups excluding carboxylic acids is 1. The van der Waals surface area contributed by atoms with E-state index >= 15 is 0 Å². The lowest BCUT2D eigenvalue weighted by Crippen LogP contribution is -2.39. The third kappa shape index (κ3) is 3.50. The zero-order chi connectivity index (χ0) is 10.6. The van der Waals surface area contributed by atoms with Crippen LogP contribution in [0.4, 0.5) is 0 Å². The van der Waals surface area contributed by atoms with Crippen molar-refractivity contribution in [2.45, 2.75) is 32.8 Å². The second-order valence-electron chi connectivity index (χ2n) is 4.59. The minimum absolute atomic E-state index is 0.126. The summed E-state index contributed by atoms with van der Waals surface area (Å²) in [5.41, 5.74) is 0.291. The summed E-state index contributed by atoms with van der Waals surface area (Å²) in [6, 6.07) is 0. The molecule has 1 amide bonds. The van der Waals surface area contributed by atoms with Gasteiger partial charge in [0.15, 0.2) is 0 Å². The highest BCUT2D eigenvalue weighted by atomic mass is 16.5. The lowest BCUT2D eigenvalue weighted by atomic mass is 9.85. The quantitative estimate of drug-likeness (QED) is 0.696. The molecular weight excluding hydrogens is 178 g/mol. The maximum atomic E-state index is 10.9. The van der Waals surface area contributed by atoms with E-state index in [4.69, 9.17) is 4.74 Å². The maximum Gasteiger partial charge on any atom is 0.243 e. The monoisotopic (exact) mass is 197 g/mol. The van der Waals surface area contributed by atoms with Gasteiger partial charge in [-0.3, -0.25) is 4.79 Å². The zero-order valence-corrected chi connectivity index (χ0v) is 9.01. The standard InChI is InChI=1S/C11H19NO2/c1-4-10(13)12-7-9-5-6-11(2,3)8-14-9/h4,9H,1,5-8H2,2-3H3,(H,12,13). The van der Waals surface area contributed by atoms with Gasteiger partial charge in [0.1, 0.15) is 0 Å². The fourth-order valence-corrected chi connectivity index (χ4v) is 1.50. The van der Waals surface area contributed by atoms with E-state index in [1.54, 1.807) is 0 Å². The Hall–Kier alpha value is -0.830. The molecule has 0 aromatic heterocycles. The van der Waals surface area contributed by atoms with E-state index in [-0.39, 0.29) is 12.0 Å². The van der Waals surface area contributed by atoms with Crippen molar-refractivity contribution in [1.82, 2.24) is 5.32 Å². The summed E-state index contributed by atoms with van der Waals surface area (Å²) in [7, 11) is 0. The molecule has 1 heterocycles. The first kappa shape index (κ1) is 11.2. The fraction of sp³-hybridized carbons (Fsp3) is 0.727. The molecule has 1 saturated heterocycles. The average Bonchev–Trinajstić information content (AvgIpc) is 2.16. The second-order valence-corrected chi connectivity index (χ2v) is 4.59. The number of nitrogens with one attached hydrogen (secondary N) is 1. The Kier molecular flexibility index (Phi) is 3.69. The van der Waals surface area contributed by atoms with Gasteiger partial charge in [0.05, 0.1) is 12.7 Å². The van der Waals surface area contributed by atoms with Crippen LogP contribution >= 0.6 is 0 Å². The Morgan fingerprint density at radius 2 is 2.43 bits per heavy atom. The lowest BCUT2D eigenvalue weighted by Gasteiger charge is -2.34. The van der Waals surface area contributed by atoms with Crippen LogP contribution in [-0.4, -0.2) is 25.2 Å². The van der Waals surface area contributed by atoms with Crippen LogP contribution in [0.5, 0.6) is 0 Å². The van der Waals surface area contributed by atoms with Crippen LogP contribution in [0.25, 0.3) is 0 Å². The van der Waals surface area contributed by atoms with Gasteiger partial charge in [-0.2, -0.15) is 0 Å². The second kappa shape index (κ2) is 4.60. The molecule has 0 radical (unpaired) electrons. The summed E-state index contributed by atoms with van der Waals surface area (Å²) < 4.78 is 5.64. The summed E-state index contributed by atoms with van der Waals surface area (Å²) >= 11 is 0. The fourth-order valence-electron chi connectivity index (χ4n) is 1.50. The number of carbonyl (C=O) groups is 1. The van der Waals surface area contributed by atoms with Crippen LogP contribution in [0.1, 0.15) is 26.7 Å². The molecule has 1 aliphatic rings. The molecule has 80 valence electrons. The van der Waals surface area contributed by atoms with Gasteiger partial charge in [-0.05, 0) is 24.3 Å². The maximum absolute atomic E-state index is 10.9. The molecule has 0 saturated carbocycles. The molecule has 1 aliphatic heterocycles. The molecule has 14 heavy (non-hydrogen) atoms. The van der Waals surface area contributed by atoms with Crippen molar-refractivity contribution < 1.29 is 9.53 Å². The summed E-state index contributed by atoms with van der Waals surface area (Å²) in [5.74, 6) is -0.126. The number of ether oxygens (including phenoxy) is 1. The van der Waals surface area contributed by atoms with E-state index in [1.165, 1.54) is 6.08 Å². The smallest absolute Gasteiger partial charge is 0.243 e. The van der Waals surface area contributed by atoms with E-state index in [0.717, 1.165) is 19.4 Å². The number of hydrogen-bond acceptors (Lipinski definition) is 2. The summed E-state index contributed by atoms with van der Waals surface area (Å²) in [5, 5.41) is 2.75. The predicted octanol–water partition coefficient (Wildman–Crippen LogP) is 1.49. The van der Waals surface area contributed by atoms with Gasteiger partial charge < -0.3 is 10.1 Å². The summed E-state index contributed by atoms with van der Waals surface area (Å²) in [4.78, 5) is 10.9. The molecular formula is C11H19NO2. The van der Waals surface area contributed by atoms with Crippen molar-refractivity contribution in [3.05, 3.63) is 12.7 Å². The van der Waals surface area contributed by atoms with Crippen molar-refractivity contribution in [3.63, 3.8) is 0 Å². The number of rotatable bonds is 3. The Labute approximate surface area is 85.5 Å². The van der Waals surface area contributed by atoms with Gasteiger partial charge >= 0.3 is 0 Å². The third-order valence-corrected chi connectivity index (χ3v) is 2.54. The Morgan fingerprint density at radius 1 is 1.71 bits per heavy atom. The van der Waals surface area contributed by atoms with Crippen LogP contribution < -0.4 is 5.32 Å². The van der Waals surface area contributed by atoms with Gasteiger partial charge in [0.2, 0.25) is 5.91 Å². The molecule has 1 rings (SSSR count). The minimum atomic E-state index is -0.126. The van der Waals surface area contributed by atoms with Crippen LogP contribution in [0.15, 0.2) is 12.7 Å². The normalized spacial score (nSPS) is 25.4. The van der Waals surface area contributed by atoms with Gasteiger partial charge in [0.25, 0.3) is 0 Å². The molecule has 3 heteroatoms. The van der Waals surface area contributed by atoms with Gasteiger partial charge in [-0.15, -0.1) is 0 Å². The van der Waals surface area contributed by atoms with E-state index in [1.807, 2.05) is 0 Å². The Balaban J connectivity index is 2.22. The molecule has 0 aromatic rings. The third-order valence-electron chi connectivity index (χ3n) is 2.54. The van der Waals surface area contributed by atoms with Crippen LogP contribution in [0, 0.1) is 5.41 Å². The molecule has 3 nitrogen and oxygen atoms in total. The Bertz CT molecular complexity index is 213. The highest BCUT2D eigenvalue weighted by Gasteiger charge is 2.27. The molecule has 1 atom stereocenters. The molecule has 1 fully saturated rings. The van der Waals surface area contributed by atoms with Crippen molar-refractivity contribution in [1.29, 1.82) is 0 Å². The highest BCUT2D eigenvalue weighted by molar-refractivity contribution is 5.86. The first-order valence-electron chi connectivity index (χ1n) is 5.05. The molecule has 0 aliphatic carbocycles. The van der Waals surface area contributed by atoms with Gasteiger partial charge in [0, 0.05) is 6.54 Å². The van der Waals surface area contributed by atoms with Crippen molar-refractivity contribution >= 4 is 5.91 Å². The van der Waals surface area contributed by atoms with E-state index < -0.39 is 0 Å². The first-order chi connectivity index (χ1) is 6.53. The van der Waals surface area contributed by atoms with Crippen molar-refractivity contribution in [3.8, 4) is 0 Å². The molecule has 0 aromatic carbocycles. The van der Waals surface area contributed by atoms with Crippen molar-refractivity contribution in [2.24, 2.45) is 5.41 Å². The van der Waals surface area contributed by atoms with Crippen LogP contribution in [0.2, 0.25) is 0 Å². The lowest BCUT2D eigenvalue weighted by molar-refractivity contribution is -0.117. The topological polar surface area (TPSA) is 38.3 Å². The van der Waals surface area contributed by atoms with Crippen molar-refractivity contribution in [2.75, 3.05) is 13.2 Å². The molecule has 1 N–H and O–H groups in total. The molecule has 0 spiro atoms. The SMILES string of the molecule is C=CC(=O)NCC1CCC(C)(C)CO1. The highest BCUT2D eigenvalue weighted by Crippen LogP contribution is 2.29. The minimum Gasteiger partial charge on any atom is -0.376 e. The average molecular weight is 197 g/mol. The van der Waals surface area contributed by atoms with Gasteiger partial charge in [-0.1, -0.05) is 20.4 Å². The van der Waals surface area contributed by atoms with Crippen LogP contribution in [0.3, 0.4) is 0 Å². The molecule has 0 bridgehead atoms. The first-order valence-corrected chi connectivity index (χ1v) is 5.05. The summed E-state index contributed by atoms with van der Waals surface area (Å²) in [6.45, 7) is 9.17. The number of hydrogen-bond donors (Lipinski definition) is 1. The van der Waals surface area contributed by atoms with E-state index in [9.17, 15) is 4.79 Å². The molecule has 1 unspecified atom stereocenters. The largest absolute Gasteiger partial charge is 0.376 e. The van der Waals surface area contributed by atoms with E-state index in [0.29, 0.717) is 12.0 Å². The zero-order valence-electron chi connectivity index (χ0n) is 9.01. The van der Waals surface area contributed by atoms with Crippen LogP contribution in [-0.2, 0) is 9.53 Å².